The van der Waals surface area contributed by atoms with Gasteiger partial charge in [0.25, 0.3) is 5.91 Å². The SMILES string of the molecule is CCOC(=O)CN/C=C(/C#N)C(=O)NCCCCCC(=O)O. The Morgan fingerprint density at radius 3 is 2.59 bits per heavy atom. The summed E-state index contributed by atoms with van der Waals surface area (Å²) >= 11 is 0. The van der Waals surface area contributed by atoms with Gasteiger partial charge < -0.3 is 20.5 Å². The molecule has 0 unspecified atom stereocenters. The molecule has 0 atom stereocenters. The van der Waals surface area contributed by atoms with Crippen molar-refractivity contribution < 1.29 is 24.2 Å². The Hall–Kier alpha value is -2.56. The van der Waals surface area contributed by atoms with Crippen molar-refractivity contribution in [3.05, 3.63) is 11.8 Å². The van der Waals surface area contributed by atoms with E-state index in [9.17, 15) is 14.4 Å². The van der Waals surface area contributed by atoms with Gasteiger partial charge in [-0.05, 0) is 19.8 Å². The van der Waals surface area contributed by atoms with E-state index in [0.29, 0.717) is 25.8 Å². The molecule has 22 heavy (non-hydrogen) atoms. The zero-order chi connectivity index (χ0) is 16.8. The van der Waals surface area contributed by atoms with Crippen LogP contribution in [0.25, 0.3) is 0 Å². The molecule has 0 bridgehead atoms. The van der Waals surface area contributed by atoms with Crippen LogP contribution in [0.2, 0.25) is 0 Å². The lowest BCUT2D eigenvalue weighted by Gasteiger charge is -2.05. The van der Waals surface area contributed by atoms with Crippen LogP contribution in [-0.4, -0.2) is 42.6 Å². The van der Waals surface area contributed by atoms with Crippen LogP contribution >= 0.6 is 0 Å². The Balaban J connectivity index is 3.97. The molecule has 0 saturated carbocycles. The minimum Gasteiger partial charge on any atom is -0.481 e. The third-order valence-corrected chi connectivity index (χ3v) is 2.52. The second kappa shape index (κ2) is 12.2. The first-order valence-electron chi connectivity index (χ1n) is 7.00. The highest BCUT2D eigenvalue weighted by atomic mass is 16.5. The molecule has 8 nitrogen and oxygen atoms in total. The number of nitrogens with one attached hydrogen (secondary N) is 2. The lowest BCUT2D eigenvalue weighted by atomic mass is 10.2. The molecule has 0 aromatic heterocycles. The lowest BCUT2D eigenvalue weighted by Crippen LogP contribution is -2.27. The number of amides is 1. The van der Waals surface area contributed by atoms with Crippen LogP contribution in [0.4, 0.5) is 0 Å². The molecule has 0 aromatic carbocycles. The zero-order valence-electron chi connectivity index (χ0n) is 12.6. The predicted octanol–water partition coefficient (Wildman–Crippen LogP) is 0.308. The van der Waals surface area contributed by atoms with E-state index in [2.05, 4.69) is 15.4 Å². The van der Waals surface area contributed by atoms with Crippen LogP contribution in [0.3, 0.4) is 0 Å². The predicted molar refractivity (Wildman–Crippen MR) is 77.4 cm³/mol. The smallest absolute Gasteiger partial charge is 0.325 e. The van der Waals surface area contributed by atoms with Crippen LogP contribution in [-0.2, 0) is 19.1 Å². The Morgan fingerprint density at radius 1 is 1.27 bits per heavy atom. The third-order valence-electron chi connectivity index (χ3n) is 2.52. The summed E-state index contributed by atoms with van der Waals surface area (Å²) in [4.78, 5) is 33.0. The van der Waals surface area contributed by atoms with E-state index in [-0.39, 0.29) is 25.1 Å². The van der Waals surface area contributed by atoms with Crippen molar-refractivity contribution in [1.29, 1.82) is 5.26 Å². The molecular weight excluding hydrogens is 290 g/mol. The molecule has 0 aliphatic carbocycles. The second-order valence-electron chi connectivity index (χ2n) is 4.32. The molecule has 0 aromatic rings. The van der Waals surface area contributed by atoms with Crippen LogP contribution in [0.5, 0.6) is 0 Å². The standard InChI is InChI=1S/C14H21N3O5/c1-2-22-13(20)10-16-9-11(8-15)14(21)17-7-5-3-4-6-12(18)19/h9,16H,2-7,10H2,1H3,(H,17,21)(H,18,19)/b11-9-. The van der Waals surface area contributed by atoms with Crippen molar-refractivity contribution in [2.45, 2.75) is 32.6 Å². The first kappa shape index (κ1) is 19.4. The summed E-state index contributed by atoms with van der Waals surface area (Å²) in [5, 5.41) is 22.4. The van der Waals surface area contributed by atoms with Gasteiger partial charge in [0, 0.05) is 19.2 Å². The van der Waals surface area contributed by atoms with Gasteiger partial charge in [-0.25, -0.2) is 0 Å². The molecule has 0 fully saturated rings. The number of hydrogen-bond acceptors (Lipinski definition) is 6. The zero-order valence-corrected chi connectivity index (χ0v) is 12.6. The summed E-state index contributed by atoms with van der Waals surface area (Å²) in [5.41, 5.74) is -0.144. The van der Waals surface area contributed by atoms with Gasteiger partial charge in [0.1, 0.15) is 18.2 Å². The maximum absolute atomic E-state index is 11.7. The summed E-state index contributed by atoms with van der Waals surface area (Å²) in [5.74, 6) is -1.86. The third kappa shape index (κ3) is 10.3. The number of unbranched alkanes of at least 4 members (excludes halogenated alkanes) is 2. The Morgan fingerprint density at radius 2 is 2.00 bits per heavy atom. The fourth-order valence-electron chi connectivity index (χ4n) is 1.47. The first-order chi connectivity index (χ1) is 10.5. The fourth-order valence-corrected chi connectivity index (χ4v) is 1.47. The van der Waals surface area contributed by atoms with Gasteiger partial charge in [-0.1, -0.05) is 6.42 Å². The minimum atomic E-state index is -0.841. The summed E-state index contributed by atoms with van der Waals surface area (Å²) in [7, 11) is 0. The van der Waals surface area contributed by atoms with E-state index < -0.39 is 17.8 Å². The molecule has 0 aliphatic rings. The van der Waals surface area contributed by atoms with E-state index in [0.717, 1.165) is 6.20 Å². The van der Waals surface area contributed by atoms with Crippen molar-refractivity contribution in [3.63, 3.8) is 0 Å². The quantitative estimate of drug-likeness (QED) is 0.217. The average molecular weight is 311 g/mol. The number of hydrogen-bond donors (Lipinski definition) is 3. The highest BCUT2D eigenvalue weighted by Crippen LogP contribution is 1.99. The largest absolute Gasteiger partial charge is 0.481 e. The summed E-state index contributed by atoms with van der Waals surface area (Å²) in [6, 6.07) is 1.73. The molecule has 8 heteroatoms. The number of carboxylic acid groups (broad SMARTS) is 1. The fraction of sp³-hybridized carbons (Fsp3) is 0.571. The Bertz CT molecular complexity index is 454. The Labute approximate surface area is 129 Å². The van der Waals surface area contributed by atoms with E-state index in [1.807, 2.05) is 0 Å². The molecule has 0 aliphatic heterocycles. The maximum atomic E-state index is 11.7. The molecule has 0 heterocycles. The van der Waals surface area contributed by atoms with E-state index in [1.165, 1.54) is 0 Å². The molecule has 122 valence electrons. The number of nitrogens with zero attached hydrogens (tertiary/aromatic N) is 1. The molecule has 0 spiro atoms. The average Bonchev–Trinajstić information content (AvgIpc) is 2.47. The number of ether oxygens (including phenoxy) is 1. The van der Waals surface area contributed by atoms with Crippen molar-refractivity contribution in [2.24, 2.45) is 0 Å². The highest BCUT2D eigenvalue weighted by Gasteiger charge is 2.08. The van der Waals surface area contributed by atoms with Gasteiger partial charge in [0.15, 0.2) is 0 Å². The van der Waals surface area contributed by atoms with Gasteiger partial charge in [-0.3, -0.25) is 14.4 Å². The lowest BCUT2D eigenvalue weighted by molar-refractivity contribution is -0.142. The summed E-state index contributed by atoms with van der Waals surface area (Å²) < 4.78 is 4.68. The van der Waals surface area contributed by atoms with Crippen LogP contribution in [0.1, 0.15) is 32.6 Å². The van der Waals surface area contributed by atoms with Crippen LogP contribution < -0.4 is 10.6 Å². The highest BCUT2D eigenvalue weighted by molar-refractivity contribution is 5.97. The minimum absolute atomic E-state index is 0.106. The topological polar surface area (TPSA) is 129 Å². The van der Waals surface area contributed by atoms with E-state index in [4.69, 9.17) is 10.4 Å². The normalized spacial score (nSPS) is 10.5. The molecular formula is C14H21N3O5. The van der Waals surface area contributed by atoms with Crippen molar-refractivity contribution >= 4 is 17.8 Å². The van der Waals surface area contributed by atoms with Crippen molar-refractivity contribution in [1.82, 2.24) is 10.6 Å². The maximum Gasteiger partial charge on any atom is 0.325 e. The molecule has 0 saturated heterocycles. The molecule has 1 amide bonds. The number of carbonyl (C=O) groups is 3. The number of carboxylic acids is 1. The van der Waals surface area contributed by atoms with Crippen molar-refractivity contribution in [3.8, 4) is 6.07 Å². The monoisotopic (exact) mass is 311 g/mol. The molecule has 3 N–H and O–H groups in total. The van der Waals surface area contributed by atoms with E-state index in [1.54, 1.807) is 13.0 Å². The number of nitriles is 1. The van der Waals surface area contributed by atoms with Gasteiger partial charge >= 0.3 is 11.9 Å². The number of esters is 1. The second-order valence-corrected chi connectivity index (χ2v) is 4.32. The van der Waals surface area contributed by atoms with Gasteiger partial charge in [-0.2, -0.15) is 5.26 Å². The van der Waals surface area contributed by atoms with Crippen LogP contribution in [0, 0.1) is 11.3 Å². The molecule has 0 radical (unpaired) electrons. The van der Waals surface area contributed by atoms with Crippen LogP contribution in [0.15, 0.2) is 11.8 Å². The van der Waals surface area contributed by atoms with E-state index >= 15 is 0 Å². The summed E-state index contributed by atoms with van der Waals surface area (Å²) in [6.45, 7) is 2.17. The number of aliphatic carboxylic acids is 1. The van der Waals surface area contributed by atoms with Gasteiger partial charge in [0.2, 0.25) is 0 Å². The molecule has 0 rings (SSSR count). The number of carbonyl (C=O) groups excluding carboxylic acids is 2. The van der Waals surface area contributed by atoms with Gasteiger partial charge in [0.05, 0.1) is 6.61 Å². The summed E-state index contributed by atoms with van der Waals surface area (Å²) in [6.07, 6.45) is 3.13. The Kier molecular flexibility index (Phi) is 10.8. The van der Waals surface area contributed by atoms with Crippen molar-refractivity contribution in [2.75, 3.05) is 19.7 Å². The first-order valence-corrected chi connectivity index (χ1v) is 7.00. The van der Waals surface area contributed by atoms with Gasteiger partial charge in [-0.15, -0.1) is 0 Å². The number of rotatable bonds is 11.